The number of allylic oxidation sites excluding steroid dienone is 2. The Kier molecular flexibility index (Phi) is 4.97. The van der Waals surface area contributed by atoms with Crippen LogP contribution in [0.3, 0.4) is 0 Å². The number of carbonyl (C=O) groups excluding carboxylic acids is 1. The standard InChI is InChI=1S/C20H21F3N2OS/c21-20(22,23)15-5-6-17-16(12-15)24-19(27-17)14-7-9-25(10-8-14)18(26)11-13-3-1-2-4-13/h1,3,5-6,12-14H,2,4,7-11H2. The molecule has 1 saturated heterocycles. The van der Waals surface area contributed by atoms with E-state index in [1.807, 2.05) is 4.90 Å². The fourth-order valence-corrected chi connectivity index (χ4v) is 5.01. The number of halogens is 3. The Hall–Kier alpha value is -1.89. The van der Waals surface area contributed by atoms with Gasteiger partial charge in [-0.15, -0.1) is 11.3 Å². The Balaban J connectivity index is 1.40. The van der Waals surface area contributed by atoms with E-state index in [0.717, 1.165) is 47.5 Å². The van der Waals surface area contributed by atoms with E-state index in [4.69, 9.17) is 0 Å². The van der Waals surface area contributed by atoms with E-state index in [-0.39, 0.29) is 11.8 Å². The van der Waals surface area contributed by atoms with Crippen LogP contribution in [0.25, 0.3) is 10.2 Å². The van der Waals surface area contributed by atoms with Gasteiger partial charge in [0.1, 0.15) is 0 Å². The summed E-state index contributed by atoms with van der Waals surface area (Å²) >= 11 is 1.47. The largest absolute Gasteiger partial charge is 0.416 e. The Bertz CT molecular complexity index is 866. The maximum absolute atomic E-state index is 12.9. The van der Waals surface area contributed by atoms with Crippen molar-refractivity contribution in [2.75, 3.05) is 13.1 Å². The number of piperidine rings is 1. The third-order valence-electron chi connectivity index (χ3n) is 5.48. The van der Waals surface area contributed by atoms with Gasteiger partial charge >= 0.3 is 6.18 Å². The smallest absolute Gasteiger partial charge is 0.343 e. The summed E-state index contributed by atoms with van der Waals surface area (Å²) in [5, 5.41) is 0.884. The number of nitrogens with zero attached hydrogens (tertiary/aromatic N) is 2. The van der Waals surface area contributed by atoms with E-state index in [0.29, 0.717) is 30.9 Å². The molecule has 2 heterocycles. The number of likely N-dealkylation sites (tertiary alicyclic amines) is 1. The summed E-state index contributed by atoms with van der Waals surface area (Å²) in [6.07, 6.45) is 4.28. The minimum atomic E-state index is -4.35. The van der Waals surface area contributed by atoms with Crippen LogP contribution in [0.2, 0.25) is 0 Å². The molecule has 1 unspecified atom stereocenters. The van der Waals surface area contributed by atoms with Gasteiger partial charge in [-0.05, 0) is 49.8 Å². The Morgan fingerprint density at radius 1 is 1.22 bits per heavy atom. The highest BCUT2D eigenvalue weighted by atomic mass is 32.1. The predicted molar refractivity (Wildman–Crippen MR) is 99.7 cm³/mol. The van der Waals surface area contributed by atoms with E-state index in [2.05, 4.69) is 17.1 Å². The van der Waals surface area contributed by atoms with Crippen molar-refractivity contribution in [1.29, 1.82) is 0 Å². The molecule has 4 rings (SSSR count). The number of hydrogen-bond acceptors (Lipinski definition) is 3. The third-order valence-corrected chi connectivity index (χ3v) is 6.68. The number of alkyl halides is 3. The molecule has 2 aliphatic rings. The van der Waals surface area contributed by atoms with Crippen LogP contribution in [0.1, 0.15) is 48.6 Å². The molecule has 1 fully saturated rings. The monoisotopic (exact) mass is 394 g/mol. The summed E-state index contributed by atoms with van der Waals surface area (Å²) in [5.41, 5.74) is -0.246. The summed E-state index contributed by atoms with van der Waals surface area (Å²) in [4.78, 5) is 18.8. The fraction of sp³-hybridized carbons (Fsp3) is 0.500. The molecule has 1 aliphatic heterocycles. The molecule has 27 heavy (non-hydrogen) atoms. The van der Waals surface area contributed by atoms with Crippen LogP contribution in [0.4, 0.5) is 13.2 Å². The SMILES string of the molecule is O=C(CC1C=CCC1)N1CCC(c2nc3cc(C(F)(F)F)ccc3s2)CC1. The number of hydrogen-bond donors (Lipinski definition) is 0. The van der Waals surface area contributed by atoms with Crippen molar-refractivity contribution in [3.8, 4) is 0 Å². The van der Waals surface area contributed by atoms with Crippen molar-refractivity contribution in [2.24, 2.45) is 5.92 Å². The Labute approximate surface area is 159 Å². The minimum Gasteiger partial charge on any atom is -0.343 e. The highest BCUT2D eigenvalue weighted by molar-refractivity contribution is 7.18. The molecule has 0 saturated carbocycles. The van der Waals surface area contributed by atoms with E-state index in [1.54, 1.807) is 0 Å². The maximum Gasteiger partial charge on any atom is 0.416 e. The van der Waals surface area contributed by atoms with Crippen molar-refractivity contribution in [1.82, 2.24) is 9.88 Å². The number of amides is 1. The summed E-state index contributed by atoms with van der Waals surface area (Å²) in [5.74, 6) is 0.804. The van der Waals surface area contributed by atoms with Gasteiger partial charge in [0, 0.05) is 25.4 Å². The normalized spacial score (nSPS) is 21.3. The van der Waals surface area contributed by atoms with Gasteiger partial charge in [0.2, 0.25) is 5.91 Å². The lowest BCUT2D eigenvalue weighted by molar-refractivity contribution is -0.137. The first-order valence-electron chi connectivity index (χ1n) is 9.32. The summed E-state index contributed by atoms with van der Waals surface area (Å²) in [6.45, 7) is 1.40. The topological polar surface area (TPSA) is 33.2 Å². The molecule has 1 atom stereocenters. The van der Waals surface area contributed by atoms with Crippen LogP contribution in [0, 0.1) is 5.92 Å². The van der Waals surface area contributed by atoms with E-state index in [9.17, 15) is 18.0 Å². The van der Waals surface area contributed by atoms with E-state index < -0.39 is 11.7 Å². The second kappa shape index (κ2) is 7.26. The molecule has 7 heteroatoms. The summed E-state index contributed by atoms with van der Waals surface area (Å²) < 4.78 is 39.4. The fourth-order valence-electron chi connectivity index (χ4n) is 3.89. The molecule has 1 amide bonds. The molecule has 0 N–H and O–H groups in total. The van der Waals surface area contributed by atoms with Gasteiger partial charge in [-0.3, -0.25) is 4.79 Å². The van der Waals surface area contributed by atoms with Crippen LogP contribution in [0.15, 0.2) is 30.4 Å². The van der Waals surface area contributed by atoms with Gasteiger partial charge in [-0.2, -0.15) is 13.2 Å². The van der Waals surface area contributed by atoms with Gasteiger partial charge < -0.3 is 4.90 Å². The second-order valence-corrected chi connectivity index (χ2v) is 8.42. The number of thiazole rings is 1. The first-order chi connectivity index (χ1) is 12.9. The van der Waals surface area contributed by atoms with Crippen LogP contribution in [0.5, 0.6) is 0 Å². The van der Waals surface area contributed by atoms with Crippen LogP contribution < -0.4 is 0 Å². The van der Waals surface area contributed by atoms with E-state index >= 15 is 0 Å². The lowest BCUT2D eigenvalue weighted by atomic mass is 9.96. The minimum absolute atomic E-state index is 0.212. The van der Waals surface area contributed by atoms with Crippen molar-refractivity contribution >= 4 is 27.5 Å². The van der Waals surface area contributed by atoms with Crippen molar-refractivity contribution in [2.45, 2.75) is 44.2 Å². The molecule has 1 aliphatic carbocycles. The summed E-state index contributed by atoms with van der Waals surface area (Å²) in [6, 6.07) is 3.75. The molecule has 1 aromatic carbocycles. The molecule has 1 aromatic heterocycles. The lowest BCUT2D eigenvalue weighted by Crippen LogP contribution is -2.38. The average Bonchev–Trinajstić information content (AvgIpc) is 3.29. The van der Waals surface area contributed by atoms with Gasteiger partial charge in [-0.1, -0.05) is 12.2 Å². The third kappa shape index (κ3) is 4.03. The zero-order valence-electron chi connectivity index (χ0n) is 14.8. The molecule has 0 radical (unpaired) electrons. The average molecular weight is 394 g/mol. The van der Waals surface area contributed by atoms with E-state index in [1.165, 1.54) is 17.4 Å². The predicted octanol–water partition coefficient (Wildman–Crippen LogP) is 5.38. The molecule has 144 valence electrons. The number of aromatic nitrogens is 1. The van der Waals surface area contributed by atoms with Crippen LogP contribution in [-0.2, 0) is 11.0 Å². The van der Waals surface area contributed by atoms with Crippen LogP contribution in [-0.4, -0.2) is 28.9 Å². The van der Waals surface area contributed by atoms with Crippen molar-refractivity contribution < 1.29 is 18.0 Å². The second-order valence-electron chi connectivity index (χ2n) is 7.36. The molecule has 3 nitrogen and oxygen atoms in total. The van der Waals surface area contributed by atoms with Crippen molar-refractivity contribution in [3.63, 3.8) is 0 Å². The highest BCUT2D eigenvalue weighted by Crippen LogP contribution is 2.37. The zero-order valence-corrected chi connectivity index (χ0v) is 15.7. The molecule has 0 bridgehead atoms. The quantitative estimate of drug-likeness (QED) is 0.655. The highest BCUT2D eigenvalue weighted by Gasteiger charge is 2.31. The Morgan fingerprint density at radius 3 is 2.67 bits per heavy atom. The van der Waals surface area contributed by atoms with Gasteiger partial charge in [-0.25, -0.2) is 4.98 Å². The first kappa shape index (κ1) is 18.5. The maximum atomic E-state index is 12.9. The van der Waals surface area contributed by atoms with Gasteiger partial charge in [0.25, 0.3) is 0 Å². The zero-order chi connectivity index (χ0) is 19.0. The molecule has 2 aromatic rings. The van der Waals surface area contributed by atoms with Crippen molar-refractivity contribution in [3.05, 3.63) is 40.9 Å². The number of rotatable bonds is 3. The van der Waals surface area contributed by atoms with Gasteiger partial charge in [0.05, 0.1) is 20.8 Å². The number of benzene rings is 1. The van der Waals surface area contributed by atoms with Gasteiger partial charge in [0.15, 0.2) is 0 Å². The molecular weight excluding hydrogens is 373 g/mol. The number of carbonyl (C=O) groups is 1. The first-order valence-corrected chi connectivity index (χ1v) is 10.1. The summed E-state index contributed by atoms with van der Waals surface area (Å²) in [7, 11) is 0. The molecular formula is C20H21F3N2OS. The molecule has 0 spiro atoms. The lowest BCUT2D eigenvalue weighted by Gasteiger charge is -2.31. The van der Waals surface area contributed by atoms with Crippen LogP contribution >= 0.6 is 11.3 Å². The number of fused-ring (bicyclic) bond motifs is 1. The Morgan fingerprint density at radius 2 is 2.00 bits per heavy atom.